The van der Waals surface area contributed by atoms with Crippen molar-refractivity contribution in [1.29, 1.82) is 0 Å². The molecule has 0 aliphatic heterocycles. The molecular formula is C25H32N2O2. The molecule has 3 rings (SSSR count). The lowest BCUT2D eigenvalue weighted by Gasteiger charge is -2.08. The Labute approximate surface area is 173 Å². The summed E-state index contributed by atoms with van der Waals surface area (Å²) in [5.74, 6) is 0.102. The van der Waals surface area contributed by atoms with Gasteiger partial charge < -0.3 is 14.6 Å². The molecule has 154 valence electrons. The van der Waals surface area contributed by atoms with Crippen molar-refractivity contribution in [3.05, 3.63) is 71.4 Å². The van der Waals surface area contributed by atoms with Crippen LogP contribution in [0.4, 0.5) is 0 Å². The monoisotopic (exact) mass is 392 g/mol. The van der Waals surface area contributed by atoms with Gasteiger partial charge >= 0.3 is 0 Å². The number of carbonyl (C=O) groups is 1. The summed E-state index contributed by atoms with van der Waals surface area (Å²) in [6, 6.07) is 17.0. The fourth-order valence-corrected chi connectivity index (χ4v) is 3.58. The molecule has 4 heteroatoms. The Hall–Kier alpha value is -2.59. The predicted octanol–water partition coefficient (Wildman–Crippen LogP) is 4.86. The number of benzene rings is 2. The molecule has 29 heavy (non-hydrogen) atoms. The van der Waals surface area contributed by atoms with E-state index in [0.717, 1.165) is 19.4 Å². The topological polar surface area (TPSA) is 43.3 Å². The largest absolute Gasteiger partial charge is 0.379 e. The van der Waals surface area contributed by atoms with Gasteiger partial charge in [0.15, 0.2) is 0 Å². The molecule has 1 heterocycles. The van der Waals surface area contributed by atoms with Crippen LogP contribution in [0.5, 0.6) is 0 Å². The molecule has 0 saturated carbocycles. The zero-order chi connectivity index (χ0) is 20.6. The first-order chi connectivity index (χ1) is 14.0. The van der Waals surface area contributed by atoms with Crippen molar-refractivity contribution in [2.75, 3.05) is 13.2 Å². The van der Waals surface area contributed by atoms with Crippen molar-refractivity contribution in [1.82, 2.24) is 9.88 Å². The van der Waals surface area contributed by atoms with Crippen molar-refractivity contribution in [2.24, 2.45) is 0 Å². The quantitative estimate of drug-likeness (QED) is 0.501. The molecule has 0 radical (unpaired) electrons. The minimum absolute atomic E-state index is 0.102. The van der Waals surface area contributed by atoms with E-state index in [9.17, 15) is 4.79 Å². The summed E-state index contributed by atoms with van der Waals surface area (Å²) >= 11 is 0. The molecular weight excluding hydrogens is 360 g/mol. The number of hydrogen-bond donors (Lipinski definition) is 1. The van der Waals surface area contributed by atoms with Gasteiger partial charge in [0.05, 0.1) is 6.10 Å². The van der Waals surface area contributed by atoms with E-state index >= 15 is 0 Å². The Balaban J connectivity index is 1.61. The summed E-state index contributed by atoms with van der Waals surface area (Å²) in [5.41, 5.74) is 5.07. The smallest absolute Gasteiger partial charge is 0.220 e. The first-order valence-corrected chi connectivity index (χ1v) is 10.5. The number of nitrogens with zero attached hydrogens (tertiary/aromatic N) is 1. The van der Waals surface area contributed by atoms with Crippen LogP contribution in [0.2, 0.25) is 0 Å². The van der Waals surface area contributed by atoms with E-state index in [2.05, 4.69) is 71.5 Å². The third-order valence-corrected chi connectivity index (χ3v) is 5.19. The first-order valence-electron chi connectivity index (χ1n) is 10.5. The van der Waals surface area contributed by atoms with E-state index in [1.54, 1.807) is 0 Å². The number of rotatable bonds is 10. The number of hydrogen-bond acceptors (Lipinski definition) is 2. The molecule has 1 aromatic heterocycles. The number of aromatic nitrogens is 1. The maximum atomic E-state index is 12.2. The van der Waals surface area contributed by atoms with Crippen LogP contribution in [0, 0.1) is 6.92 Å². The molecule has 2 aromatic carbocycles. The maximum Gasteiger partial charge on any atom is 0.220 e. The highest BCUT2D eigenvalue weighted by Crippen LogP contribution is 2.24. The zero-order valence-electron chi connectivity index (χ0n) is 17.8. The van der Waals surface area contributed by atoms with E-state index in [1.165, 1.54) is 27.6 Å². The lowest BCUT2D eigenvalue weighted by atomic mass is 10.1. The Morgan fingerprint density at radius 1 is 1.07 bits per heavy atom. The fraction of sp³-hybridized carbons (Fsp3) is 0.400. The van der Waals surface area contributed by atoms with Gasteiger partial charge in [0, 0.05) is 43.2 Å². The van der Waals surface area contributed by atoms with Gasteiger partial charge in [-0.15, -0.1) is 0 Å². The molecule has 0 fully saturated rings. The van der Waals surface area contributed by atoms with Gasteiger partial charge in [0.1, 0.15) is 0 Å². The first kappa shape index (κ1) is 21.1. The molecule has 1 N–H and O–H groups in total. The zero-order valence-corrected chi connectivity index (χ0v) is 17.8. The SMILES string of the molecule is Cc1ccccc1Cn1cc(CCC(=O)NCCCOC(C)C)c2ccccc21. The average Bonchev–Trinajstić information content (AvgIpc) is 3.05. The standard InChI is InChI=1S/C25H32N2O2/c1-19(2)29-16-8-15-26-25(28)14-13-22-18-27(24-12-7-6-11-23(22)24)17-21-10-5-4-9-20(21)3/h4-7,9-12,18-19H,8,13-17H2,1-3H3,(H,26,28). The van der Waals surface area contributed by atoms with E-state index < -0.39 is 0 Å². The highest BCUT2D eigenvalue weighted by atomic mass is 16.5. The number of para-hydroxylation sites is 1. The molecule has 0 bridgehead atoms. The van der Waals surface area contributed by atoms with Crippen molar-refractivity contribution in [3.63, 3.8) is 0 Å². The number of ether oxygens (including phenoxy) is 1. The maximum absolute atomic E-state index is 12.2. The molecule has 0 unspecified atom stereocenters. The minimum atomic E-state index is 0.102. The number of carbonyl (C=O) groups excluding carboxylic acids is 1. The third kappa shape index (κ3) is 5.94. The molecule has 0 saturated heterocycles. The normalized spacial score (nSPS) is 11.3. The van der Waals surface area contributed by atoms with Crippen LogP contribution >= 0.6 is 0 Å². The number of nitrogens with one attached hydrogen (secondary N) is 1. The Morgan fingerprint density at radius 2 is 1.83 bits per heavy atom. The Morgan fingerprint density at radius 3 is 2.62 bits per heavy atom. The lowest BCUT2D eigenvalue weighted by molar-refractivity contribution is -0.121. The molecule has 0 aliphatic carbocycles. The summed E-state index contributed by atoms with van der Waals surface area (Å²) in [6.07, 6.45) is 4.54. The highest BCUT2D eigenvalue weighted by molar-refractivity contribution is 5.85. The molecule has 0 spiro atoms. The van der Waals surface area contributed by atoms with Crippen LogP contribution in [0.3, 0.4) is 0 Å². The molecule has 0 aliphatic rings. The van der Waals surface area contributed by atoms with Crippen molar-refractivity contribution < 1.29 is 9.53 Å². The lowest BCUT2D eigenvalue weighted by Crippen LogP contribution is -2.25. The Kier molecular flexibility index (Phi) is 7.48. The van der Waals surface area contributed by atoms with E-state index in [4.69, 9.17) is 4.74 Å². The van der Waals surface area contributed by atoms with Crippen molar-refractivity contribution in [2.45, 2.75) is 52.7 Å². The van der Waals surface area contributed by atoms with Crippen molar-refractivity contribution in [3.8, 4) is 0 Å². The number of aryl methyl sites for hydroxylation is 2. The number of amides is 1. The molecule has 3 aromatic rings. The van der Waals surface area contributed by atoms with Gasteiger partial charge in [-0.25, -0.2) is 0 Å². The fourth-order valence-electron chi connectivity index (χ4n) is 3.58. The van der Waals surface area contributed by atoms with Crippen LogP contribution in [0.25, 0.3) is 10.9 Å². The second kappa shape index (κ2) is 10.3. The third-order valence-electron chi connectivity index (χ3n) is 5.19. The van der Waals surface area contributed by atoms with Gasteiger partial charge in [-0.1, -0.05) is 42.5 Å². The Bertz CT molecular complexity index is 943. The van der Waals surface area contributed by atoms with Crippen molar-refractivity contribution >= 4 is 16.8 Å². The average molecular weight is 393 g/mol. The van der Waals surface area contributed by atoms with Gasteiger partial charge in [-0.3, -0.25) is 4.79 Å². The molecule has 0 atom stereocenters. The van der Waals surface area contributed by atoms with Crippen LogP contribution in [-0.4, -0.2) is 29.7 Å². The van der Waals surface area contributed by atoms with E-state index in [-0.39, 0.29) is 12.0 Å². The summed E-state index contributed by atoms with van der Waals surface area (Å²) in [7, 11) is 0. The minimum Gasteiger partial charge on any atom is -0.379 e. The highest BCUT2D eigenvalue weighted by Gasteiger charge is 2.11. The summed E-state index contributed by atoms with van der Waals surface area (Å²) in [4.78, 5) is 12.2. The molecule has 1 amide bonds. The van der Waals surface area contributed by atoms with E-state index in [0.29, 0.717) is 19.6 Å². The van der Waals surface area contributed by atoms with Crippen LogP contribution in [0.15, 0.2) is 54.7 Å². The van der Waals surface area contributed by atoms with Crippen LogP contribution < -0.4 is 5.32 Å². The van der Waals surface area contributed by atoms with Gasteiger partial charge in [0.25, 0.3) is 0 Å². The van der Waals surface area contributed by atoms with Gasteiger partial charge in [-0.05, 0) is 56.4 Å². The second-order valence-corrected chi connectivity index (χ2v) is 7.85. The summed E-state index contributed by atoms with van der Waals surface area (Å²) in [5, 5.41) is 4.24. The van der Waals surface area contributed by atoms with Crippen LogP contribution in [-0.2, 0) is 22.5 Å². The number of fused-ring (bicyclic) bond motifs is 1. The van der Waals surface area contributed by atoms with Crippen LogP contribution in [0.1, 0.15) is 43.4 Å². The van der Waals surface area contributed by atoms with Gasteiger partial charge in [-0.2, -0.15) is 0 Å². The van der Waals surface area contributed by atoms with Gasteiger partial charge in [0.2, 0.25) is 5.91 Å². The second-order valence-electron chi connectivity index (χ2n) is 7.85. The summed E-state index contributed by atoms with van der Waals surface area (Å²) in [6.45, 7) is 8.39. The summed E-state index contributed by atoms with van der Waals surface area (Å²) < 4.78 is 7.81. The molecule has 4 nitrogen and oxygen atoms in total. The predicted molar refractivity (Wildman–Crippen MR) is 119 cm³/mol. The van der Waals surface area contributed by atoms with E-state index in [1.807, 2.05) is 13.8 Å².